The zero-order chi connectivity index (χ0) is 14.8. The molecule has 0 radical (unpaired) electrons. The summed E-state index contributed by atoms with van der Waals surface area (Å²) in [4.78, 5) is 1.48. The third-order valence-electron chi connectivity index (χ3n) is 3.68. The summed E-state index contributed by atoms with van der Waals surface area (Å²) in [7, 11) is 0. The first kappa shape index (κ1) is 15.2. The van der Waals surface area contributed by atoms with Crippen LogP contribution in [0.3, 0.4) is 0 Å². The summed E-state index contributed by atoms with van der Waals surface area (Å²) in [5, 5.41) is 3.31. The lowest BCUT2D eigenvalue weighted by Crippen LogP contribution is -2.38. The van der Waals surface area contributed by atoms with Gasteiger partial charge in [-0.15, -0.1) is 0 Å². The molecular formula is C15H21F3N2. The molecule has 0 saturated heterocycles. The summed E-state index contributed by atoms with van der Waals surface area (Å²) in [5.41, 5.74) is 3.25. The summed E-state index contributed by atoms with van der Waals surface area (Å²) in [6, 6.07) is 5.72. The van der Waals surface area contributed by atoms with Crippen molar-refractivity contribution in [1.29, 1.82) is 0 Å². The van der Waals surface area contributed by atoms with Gasteiger partial charge in [0.2, 0.25) is 0 Å². The van der Waals surface area contributed by atoms with Crippen LogP contribution in [0.2, 0.25) is 0 Å². The molecule has 20 heavy (non-hydrogen) atoms. The minimum absolute atomic E-state index is 0.135. The van der Waals surface area contributed by atoms with Crippen molar-refractivity contribution in [3.8, 4) is 0 Å². The van der Waals surface area contributed by atoms with Crippen molar-refractivity contribution in [3.05, 3.63) is 29.3 Å². The van der Waals surface area contributed by atoms with Crippen molar-refractivity contribution in [2.24, 2.45) is 0 Å². The van der Waals surface area contributed by atoms with Gasteiger partial charge in [0.1, 0.15) is 0 Å². The number of hydrogen-bond acceptors (Lipinski definition) is 2. The molecule has 0 bridgehead atoms. The van der Waals surface area contributed by atoms with Crippen LogP contribution in [0.4, 0.5) is 18.9 Å². The van der Waals surface area contributed by atoms with Crippen LogP contribution < -0.4 is 5.32 Å². The van der Waals surface area contributed by atoms with E-state index in [9.17, 15) is 13.2 Å². The van der Waals surface area contributed by atoms with Crippen molar-refractivity contribution >= 4 is 5.69 Å². The number of nitrogens with one attached hydrogen (secondary N) is 1. The van der Waals surface area contributed by atoms with Gasteiger partial charge >= 0.3 is 6.18 Å². The molecular weight excluding hydrogens is 265 g/mol. The zero-order valence-electron chi connectivity index (χ0n) is 11.9. The lowest BCUT2D eigenvalue weighted by Gasteiger charge is -2.29. The largest absolute Gasteiger partial charge is 0.401 e. The van der Waals surface area contributed by atoms with Gasteiger partial charge in [0.25, 0.3) is 0 Å². The van der Waals surface area contributed by atoms with Crippen LogP contribution in [0.5, 0.6) is 0 Å². The molecule has 0 saturated carbocycles. The second-order valence-electron chi connectivity index (χ2n) is 5.59. The Bertz CT molecular complexity index is 455. The lowest BCUT2D eigenvalue weighted by molar-refractivity contribution is -0.150. The highest BCUT2D eigenvalue weighted by atomic mass is 19.4. The van der Waals surface area contributed by atoms with Crippen LogP contribution in [0.1, 0.15) is 31.4 Å². The summed E-state index contributed by atoms with van der Waals surface area (Å²) in [6.45, 7) is 4.04. The standard InChI is InChI=1S/C15H21F3N2/c1-11(2)20(10-15(16,17)18)9-12-5-3-7-14-13(12)6-4-8-19-14/h3,5,7,11,19H,4,6,8-10H2,1-2H3. The zero-order valence-corrected chi connectivity index (χ0v) is 11.9. The highest BCUT2D eigenvalue weighted by Gasteiger charge is 2.32. The number of alkyl halides is 3. The number of nitrogens with zero attached hydrogens (tertiary/aromatic N) is 1. The number of fused-ring (bicyclic) bond motifs is 1. The van der Waals surface area contributed by atoms with E-state index in [4.69, 9.17) is 0 Å². The first-order chi connectivity index (χ1) is 9.37. The van der Waals surface area contributed by atoms with Gasteiger partial charge in [-0.3, -0.25) is 4.90 Å². The van der Waals surface area contributed by atoms with E-state index in [1.165, 1.54) is 10.5 Å². The molecule has 2 nitrogen and oxygen atoms in total. The van der Waals surface area contributed by atoms with E-state index in [0.717, 1.165) is 30.6 Å². The fraction of sp³-hybridized carbons (Fsp3) is 0.600. The third-order valence-corrected chi connectivity index (χ3v) is 3.68. The average molecular weight is 286 g/mol. The summed E-state index contributed by atoms with van der Waals surface area (Å²) < 4.78 is 38.0. The molecule has 1 heterocycles. The normalized spacial score (nSPS) is 15.3. The Morgan fingerprint density at radius 1 is 1.30 bits per heavy atom. The van der Waals surface area contributed by atoms with Crippen LogP contribution in [0.15, 0.2) is 18.2 Å². The summed E-state index contributed by atoms with van der Waals surface area (Å²) >= 11 is 0. The quantitative estimate of drug-likeness (QED) is 0.905. The molecule has 0 unspecified atom stereocenters. The Hall–Kier alpha value is -1.23. The maximum absolute atomic E-state index is 12.7. The number of anilines is 1. The Labute approximate surface area is 118 Å². The number of hydrogen-bond donors (Lipinski definition) is 1. The smallest absolute Gasteiger partial charge is 0.385 e. The van der Waals surface area contributed by atoms with Crippen molar-refractivity contribution in [1.82, 2.24) is 4.90 Å². The number of halogens is 3. The minimum Gasteiger partial charge on any atom is -0.385 e. The predicted octanol–water partition coefficient (Wildman–Crippen LogP) is 3.82. The highest BCUT2D eigenvalue weighted by Crippen LogP contribution is 2.27. The SMILES string of the molecule is CC(C)N(Cc1cccc2c1CCCN2)CC(F)(F)F. The third kappa shape index (κ3) is 3.88. The van der Waals surface area contributed by atoms with E-state index >= 15 is 0 Å². The predicted molar refractivity (Wildman–Crippen MR) is 74.9 cm³/mol. The van der Waals surface area contributed by atoms with Crippen molar-refractivity contribution in [3.63, 3.8) is 0 Å². The van der Waals surface area contributed by atoms with Gasteiger partial charge in [-0.25, -0.2) is 0 Å². The second kappa shape index (κ2) is 6.04. The summed E-state index contributed by atoms with van der Waals surface area (Å²) in [6.07, 6.45) is -2.18. The van der Waals surface area contributed by atoms with Crippen LogP contribution in [-0.2, 0) is 13.0 Å². The first-order valence-corrected chi connectivity index (χ1v) is 7.02. The molecule has 0 aromatic heterocycles. The van der Waals surface area contributed by atoms with E-state index in [0.29, 0.717) is 6.54 Å². The molecule has 0 amide bonds. The Kier molecular flexibility index (Phi) is 4.58. The van der Waals surface area contributed by atoms with Gasteiger partial charge in [0, 0.05) is 24.8 Å². The molecule has 2 rings (SSSR count). The molecule has 112 valence electrons. The van der Waals surface area contributed by atoms with E-state index in [1.807, 2.05) is 18.2 Å². The molecule has 1 aromatic rings. The fourth-order valence-electron chi connectivity index (χ4n) is 2.60. The molecule has 0 spiro atoms. The van der Waals surface area contributed by atoms with Gasteiger partial charge in [-0.2, -0.15) is 13.2 Å². The van der Waals surface area contributed by atoms with E-state index < -0.39 is 12.7 Å². The summed E-state index contributed by atoms with van der Waals surface area (Å²) in [5.74, 6) is 0. The Morgan fingerprint density at radius 3 is 2.70 bits per heavy atom. The van der Waals surface area contributed by atoms with E-state index in [1.54, 1.807) is 13.8 Å². The molecule has 5 heteroatoms. The molecule has 1 aliphatic rings. The lowest BCUT2D eigenvalue weighted by atomic mass is 9.97. The molecule has 1 N–H and O–H groups in total. The van der Waals surface area contributed by atoms with Crippen LogP contribution in [-0.4, -0.2) is 30.2 Å². The van der Waals surface area contributed by atoms with Crippen LogP contribution in [0.25, 0.3) is 0 Å². The molecule has 0 fully saturated rings. The van der Waals surface area contributed by atoms with Gasteiger partial charge in [-0.05, 0) is 43.9 Å². The van der Waals surface area contributed by atoms with Gasteiger partial charge in [-0.1, -0.05) is 12.1 Å². The molecule has 0 atom stereocenters. The van der Waals surface area contributed by atoms with Crippen molar-refractivity contribution < 1.29 is 13.2 Å². The Balaban J connectivity index is 2.18. The van der Waals surface area contributed by atoms with Gasteiger partial charge in [0.15, 0.2) is 0 Å². The maximum atomic E-state index is 12.7. The fourth-order valence-corrected chi connectivity index (χ4v) is 2.60. The number of rotatable bonds is 4. The van der Waals surface area contributed by atoms with Gasteiger partial charge < -0.3 is 5.32 Å². The first-order valence-electron chi connectivity index (χ1n) is 7.02. The molecule has 1 aromatic carbocycles. The van der Waals surface area contributed by atoms with Crippen LogP contribution in [0, 0.1) is 0 Å². The molecule has 0 aliphatic carbocycles. The van der Waals surface area contributed by atoms with E-state index in [-0.39, 0.29) is 6.04 Å². The monoisotopic (exact) mass is 286 g/mol. The van der Waals surface area contributed by atoms with Gasteiger partial charge in [0.05, 0.1) is 6.54 Å². The topological polar surface area (TPSA) is 15.3 Å². The van der Waals surface area contributed by atoms with E-state index in [2.05, 4.69) is 5.32 Å². The maximum Gasteiger partial charge on any atom is 0.401 e. The number of benzene rings is 1. The Morgan fingerprint density at radius 2 is 2.05 bits per heavy atom. The van der Waals surface area contributed by atoms with Crippen LogP contribution >= 0.6 is 0 Å². The molecule has 1 aliphatic heterocycles. The second-order valence-corrected chi connectivity index (χ2v) is 5.59. The minimum atomic E-state index is -4.16. The van der Waals surface area contributed by atoms with Crippen molar-refractivity contribution in [2.75, 3.05) is 18.4 Å². The highest BCUT2D eigenvalue weighted by molar-refractivity contribution is 5.56. The van der Waals surface area contributed by atoms with Crippen molar-refractivity contribution in [2.45, 2.75) is 45.5 Å². The average Bonchev–Trinajstić information content (AvgIpc) is 2.36.